The second kappa shape index (κ2) is 6.48. The predicted molar refractivity (Wildman–Crippen MR) is 73.0 cm³/mol. The highest BCUT2D eigenvalue weighted by atomic mass is 32.2. The third-order valence-corrected chi connectivity index (χ3v) is 4.06. The molecule has 0 atom stereocenters. The van der Waals surface area contributed by atoms with Gasteiger partial charge in [0.25, 0.3) is 0 Å². The van der Waals surface area contributed by atoms with Gasteiger partial charge in [0.05, 0.1) is 5.75 Å². The lowest BCUT2D eigenvalue weighted by molar-refractivity contribution is -0.113. The first kappa shape index (κ1) is 13.8. The number of hydrogen-bond donors (Lipinski definition) is 0. The molecule has 0 saturated carbocycles. The lowest BCUT2D eigenvalue weighted by Crippen LogP contribution is -2.14. The maximum Gasteiger partial charge on any atom is 0.168 e. The summed E-state index contributed by atoms with van der Waals surface area (Å²) in [5.74, 6) is 1.01. The van der Waals surface area contributed by atoms with Gasteiger partial charge in [-0.25, -0.2) is 0 Å². The van der Waals surface area contributed by atoms with Crippen LogP contribution in [-0.2, 0) is 4.79 Å². The van der Waals surface area contributed by atoms with Crippen LogP contribution >= 0.6 is 11.8 Å². The van der Waals surface area contributed by atoms with E-state index in [0.29, 0.717) is 11.5 Å². The fourth-order valence-corrected chi connectivity index (χ4v) is 2.57. The molecule has 0 spiro atoms. The summed E-state index contributed by atoms with van der Waals surface area (Å²) >= 11 is 1.76. The number of allylic oxidation sites excluding steroid dienone is 2. The molecule has 16 heavy (non-hydrogen) atoms. The molecule has 0 heterocycles. The molecule has 0 unspecified atom stereocenters. The number of Topliss-reactive ketones (excluding diaryl/α,β-unsaturated/α-hetero) is 1. The molecule has 1 rings (SSSR count). The summed E-state index contributed by atoms with van der Waals surface area (Å²) in [5, 5.41) is 0. The number of hydrogen-bond acceptors (Lipinski definition) is 2. The summed E-state index contributed by atoms with van der Waals surface area (Å²) < 4.78 is 0.192. The van der Waals surface area contributed by atoms with Crippen LogP contribution < -0.4 is 0 Å². The average molecular weight is 240 g/mol. The Balaban J connectivity index is 2.45. The number of ketones is 1. The molecule has 2 heteroatoms. The van der Waals surface area contributed by atoms with Crippen LogP contribution in [0.1, 0.15) is 59.3 Å². The van der Waals surface area contributed by atoms with Crippen molar-refractivity contribution >= 4 is 17.5 Å². The van der Waals surface area contributed by atoms with Crippen molar-refractivity contribution in [3.63, 3.8) is 0 Å². The van der Waals surface area contributed by atoms with E-state index in [2.05, 4.69) is 26.8 Å². The van der Waals surface area contributed by atoms with Crippen LogP contribution in [-0.4, -0.2) is 16.3 Å². The summed E-state index contributed by atoms with van der Waals surface area (Å²) in [5.41, 5.74) is 1.09. The highest BCUT2D eigenvalue weighted by molar-refractivity contribution is 8.01. The molecule has 1 aliphatic carbocycles. The Morgan fingerprint density at radius 1 is 1.25 bits per heavy atom. The monoisotopic (exact) mass is 240 g/mol. The van der Waals surface area contributed by atoms with Gasteiger partial charge in [0.15, 0.2) is 5.78 Å². The molecule has 1 nitrogen and oxygen atoms in total. The molecule has 0 aromatic carbocycles. The summed E-state index contributed by atoms with van der Waals surface area (Å²) in [7, 11) is 0. The van der Waals surface area contributed by atoms with Gasteiger partial charge >= 0.3 is 0 Å². The number of rotatable bonds is 3. The van der Waals surface area contributed by atoms with E-state index in [-0.39, 0.29) is 4.75 Å². The van der Waals surface area contributed by atoms with Crippen LogP contribution in [0.25, 0.3) is 0 Å². The highest BCUT2D eigenvalue weighted by Crippen LogP contribution is 2.25. The second-order valence-electron chi connectivity index (χ2n) is 5.51. The molecule has 0 aromatic heterocycles. The van der Waals surface area contributed by atoms with Crippen molar-refractivity contribution in [2.75, 3.05) is 5.75 Å². The average Bonchev–Trinajstić information content (AvgIpc) is 2.12. The minimum atomic E-state index is 0.192. The van der Waals surface area contributed by atoms with Crippen LogP contribution in [0, 0.1) is 0 Å². The summed E-state index contributed by atoms with van der Waals surface area (Å²) in [4.78, 5) is 12.0. The van der Waals surface area contributed by atoms with Crippen molar-refractivity contribution in [3.8, 4) is 0 Å². The Kier molecular flexibility index (Phi) is 5.60. The molecular formula is C14H24OS. The maximum absolute atomic E-state index is 12.0. The zero-order chi connectivity index (χ0) is 12.0. The Morgan fingerprint density at radius 2 is 1.94 bits per heavy atom. The van der Waals surface area contributed by atoms with Crippen LogP contribution in [0.4, 0.5) is 0 Å². The van der Waals surface area contributed by atoms with Crippen molar-refractivity contribution in [2.45, 2.75) is 64.0 Å². The van der Waals surface area contributed by atoms with Gasteiger partial charge < -0.3 is 0 Å². The van der Waals surface area contributed by atoms with Crippen LogP contribution in [0.15, 0.2) is 11.6 Å². The lowest BCUT2D eigenvalue weighted by Gasteiger charge is -2.18. The van der Waals surface area contributed by atoms with Crippen molar-refractivity contribution in [1.82, 2.24) is 0 Å². The van der Waals surface area contributed by atoms with Gasteiger partial charge in [0.2, 0.25) is 0 Å². The van der Waals surface area contributed by atoms with Crippen molar-refractivity contribution < 1.29 is 4.79 Å². The van der Waals surface area contributed by atoms with Gasteiger partial charge in [-0.1, -0.05) is 39.7 Å². The molecule has 0 amide bonds. The highest BCUT2D eigenvalue weighted by Gasteiger charge is 2.16. The number of thioether (sulfide) groups is 1. The standard InChI is InChI=1S/C14H24OS/c1-14(2,3)16-11-13(15)12-9-7-5-4-6-8-10-12/h9H,4-8,10-11H2,1-3H3. The van der Waals surface area contributed by atoms with E-state index < -0.39 is 0 Å². The molecule has 1 aliphatic rings. The van der Waals surface area contributed by atoms with Crippen molar-refractivity contribution in [1.29, 1.82) is 0 Å². The van der Waals surface area contributed by atoms with E-state index in [4.69, 9.17) is 0 Å². The van der Waals surface area contributed by atoms with E-state index in [0.717, 1.165) is 18.4 Å². The lowest BCUT2D eigenvalue weighted by atomic mass is 9.98. The first-order valence-electron chi connectivity index (χ1n) is 6.35. The van der Waals surface area contributed by atoms with Gasteiger partial charge in [-0.15, -0.1) is 11.8 Å². The van der Waals surface area contributed by atoms with E-state index in [1.54, 1.807) is 11.8 Å². The first-order valence-corrected chi connectivity index (χ1v) is 7.34. The van der Waals surface area contributed by atoms with E-state index >= 15 is 0 Å². The Labute approximate surface area is 104 Å². The Bertz CT molecular complexity index is 260. The Morgan fingerprint density at radius 3 is 2.62 bits per heavy atom. The fraction of sp³-hybridized carbons (Fsp3) is 0.786. The molecule has 0 fully saturated rings. The molecular weight excluding hydrogens is 216 g/mol. The van der Waals surface area contributed by atoms with Gasteiger partial charge in [0.1, 0.15) is 0 Å². The van der Waals surface area contributed by atoms with Gasteiger partial charge in [-0.05, 0) is 31.3 Å². The summed E-state index contributed by atoms with van der Waals surface area (Å²) in [6.07, 6.45) is 9.35. The molecule has 0 N–H and O–H groups in total. The maximum atomic E-state index is 12.0. The van der Waals surface area contributed by atoms with Gasteiger partial charge in [-0.2, -0.15) is 0 Å². The third-order valence-electron chi connectivity index (χ3n) is 2.79. The van der Waals surface area contributed by atoms with E-state index in [9.17, 15) is 4.79 Å². The topological polar surface area (TPSA) is 17.1 Å². The fourth-order valence-electron chi connectivity index (χ4n) is 1.82. The van der Waals surface area contributed by atoms with Crippen molar-refractivity contribution in [2.24, 2.45) is 0 Å². The van der Waals surface area contributed by atoms with Gasteiger partial charge in [0, 0.05) is 4.75 Å². The third kappa shape index (κ3) is 5.74. The number of carbonyl (C=O) groups excluding carboxylic acids is 1. The molecule has 0 bridgehead atoms. The normalized spacial score (nSPS) is 18.6. The summed E-state index contributed by atoms with van der Waals surface area (Å²) in [6.45, 7) is 6.49. The van der Waals surface area contributed by atoms with E-state index in [1.807, 2.05) is 0 Å². The summed E-state index contributed by atoms with van der Waals surface area (Å²) in [6, 6.07) is 0. The predicted octanol–water partition coefficient (Wildman–Crippen LogP) is 4.37. The smallest absolute Gasteiger partial charge is 0.168 e. The second-order valence-corrected chi connectivity index (χ2v) is 7.31. The zero-order valence-corrected chi connectivity index (χ0v) is 11.7. The van der Waals surface area contributed by atoms with Crippen molar-refractivity contribution in [3.05, 3.63) is 11.6 Å². The Hall–Kier alpha value is -0.240. The molecule has 0 aliphatic heterocycles. The molecule has 0 radical (unpaired) electrons. The van der Waals surface area contributed by atoms with Gasteiger partial charge in [-0.3, -0.25) is 4.79 Å². The first-order chi connectivity index (χ1) is 7.49. The SMILES string of the molecule is CC(C)(C)SCC(=O)C1=CCCCCCC1. The largest absolute Gasteiger partial charge is 0.294 e. The zero-order valence-electron chi connectivity index (χ0n) is 10.8. The minimum Gasteiger partial charge on any atom is -0.294 e. The molecule has 92 valence electrons. The number of carbonyl (C=O) groups is 1. The van der Waals surface area contributed by atoms with Crippen LogP contribution in [0.5, 0.6) is 0 Å². The molecule has 0 saturated heterocycles. The minimum absolute atomic E-state index is 0.192. The molecule has 0 aromatic rings. The van der Waals surface area contributed by atoms with Crippen LogP contribution in [0.3, 0.4) is 0 Å². The van der Waals surface area contributed by atoms with E-state index in [1.165, 1.54) is 25.7 Å². The quantitative estimate of drug-likeness (QED) is 0.728. The van der Waals surface area contributed by atoms with Crippen LogP contribution in [0.2, 0.25) is 0 Å².